The molecule has 1 amide bonds. The lowest BCUT2D eigenvalue weighted by atomic mass is 10.5. The lowest BCUT2D eigenvalue weighted by Gasteiger charge is -2.12. The monoisotopic (exact) mass is 207 g/mol. The molecule has 2 rings (SSSR count). The molecule has 4 nitrogen and oxygen atoms in total. The van der Waals surface area contributed by atoms with E-state index in [0.717, 1.165) is 24.2 Å². The standard InChI is InChI=1S/C11H17N3O/c1-8-3-4-9(2)14(8)12-7-11(15)13-10-5-6-10/h3-4,10,12H,5-7H2,1-2H3,(H,13,15). The molecule has 2 N–H and O–H groups in total. The summed E-state index contributed by atoms with van der Waals surface area (Å²) >= 11 is 0. The minimum atomic E-state index is 0.0741. The van der Waals surface area contributed by atoms with Gasteiger partial charge in [0.2, 0.25) is 5.91 Å². The maximum absolute atomic E-state index is 11.4. The van der Waals surface area contributed by atoms with Crippen LogP contribution in [0.25, 0.3) is 0 Å². The number of carbonyl (C=O) groups excluding carboxylic acids is 1. The molecule has 1 fully saturated rings. The van der Waals surface area contributed by atoms with Crippen LogP contribution in [-0.4, -0.2) is 23.2 Å². The Balaban J connectivity index is 1.83. The number of aryl methyl sites for hydroxylation is 2. The third kappa shape index (κ3) is 2.52. The zero-order valence-electron chi connectivity index (χ0n) is 9.21. The SMILES string of the molecule is Cc1ccc(C)n1NCC(=O)NC1CC1. The predicted octanol–water partition coefficient (Wildman–Crippen LogP) is 0.927. The fraction of sp³-hybridized carbons (Fsp3) is 0.545. The molecule has 1 aromatic rings. The summed E-state index contributed by atoms with van der Waals surface area (Å²) in [5.74, 6) is 0.0741. The molecule has 0 radical (unpaired) electrons. The summed E-state index contributed by atoms with van der Waals surface area (Å²) in [6.45, 7) is 4.37. The van der Waals surface area contributed by atoms with Gasteiger partial charge in [-0.25, -0.2) is 0 Å². The van der Waals surface area contributed by atoms with Crippen molar-refractivity contribution in [3.63, 3.8) is 0 Å². The van der Waals surface area contributed by atoms with Crippen molar-refractivity contribution in [2.75, 3.05) is 12.0 Å². The van der Waals surface area contributed by atoms with Gasteiger partial charge in [-0.1, -0.05) is 0 Å². The van der Waals surface area contributed by atoms with Gasteiger partial charge in [-0.05, 0) is 38.8 Å². The maximum Gasteiger partial charge on any atom is 0.241 e. The Labute approximate surface area is 89.6 Å². The van der Waals surface area contributed by atoms with Crippen LogP contribution in [0.2, 0.25) is 0 Å². The molecule has 0 aromatic carbocycles. The Hall–Kier alpha value is -1.45. The molecule has 0 aliphatic heterocycles. The van der Waals surface area contributed by atoms with Gasteiger partial charge in [0.15, 0.2) is 0 Å². The summed E-state index contributed by atoms with van der Waals surface area (Å²) in [5, 5.41) is 2.94. The summed E-state index contributed by atoms with van der Waals surface area (Å²) < 4.78 is 1.94. The molecule has 82 valence electrons. The van der Waals surface area contributed by atoms with E-state index in [1.165, 1.54) is 0 Å². The molecular formula is C11H17N3O. The van der Waals surface area contributed by atoms with Crippen LogP contribution < -0.4 is 10.7 Å². The summed E-state index contributed by atoms with van der Waals surface area (Å²) in [7, 11) is 0. The first-order valence-electron chi connectivity index (χ1n) is 5.35. The second kappa shape index (κ2) is 3.96. The Kier molecular flexibility index (Phi) is 2.66. The lowest BCUT2D eigenvalue weighted by molar-refractivity contribution is -0.119. The summed E-state index contributed by atoms with van der Waals surface area (Å²) in [6, 6.07) is 4.49. The highest BCUT2D eigenvalue weighted by atomic mass is 16.2. The van der Waals surface area contributed by atoms with Crippen LogP contribution in [0.5, 0.6) is 0 Å². The van der Waals surface area contributed by atoms with E-state index in [9.17, 15) is 4.79 Å². The number of carbonyl (C=O) groups is 1. The molecule has 1 aromatic heterocycles. The van der Waals surface area contributed by atoms with Crippen molar-refractivity contribution in [1.29, 1.82) is 0 Å². The molecule has 0 atom stereocenters. The minimum absolute atomic E-state index is 0.0741. The lowest BCUT2D eigenvalue weighted by Crippen LogP contribution is -2.34. The van der Waals surface area contributed by atoms with Crippen LogP contribution in [0, 0.1) is 13.8 Å². The van der Waals surface area contributed by atoms with Crippen molar-refractivity contribution in [3.8, 4) is 0 Å². The quantitative estimate of drug-likeness (QED) is 0.771. The first kappa shape index (κ1) is 10.1. The van der Waals surface area contributed by atoms with Crippen molar-refractivity contribution in [1.82, 2.24) is 9.99 Å². The number of aromatic nitrogens is 1. The molecule has 1 heterocycles. The van der Waals surface area contributed by atoms with E-state index >= 15 is 0 Å². The highest BCUT2D eigenvalue weighted by Gasteiger charge is 2.22. The maximum atomic E-state index is 11.4. The van der Waals surface area contributed by atoms with Gasteiger partial charge < -0.3 is 10.7 Å². The minimum Gasteiger partial charge on any atom is -0.352 e. The zero-order valence-corrected chi connectivity index (χ0v) is 9.21. The third-order valence-electron chi connectivity index (χ3n) is 2.61. The number of nitrogens with zero attached hydrogens (tertiary/aromatic N) is 1. The van der Waals surface area contributed by atoms with Crippen LogP contribution in [0.4, 0.5) is 0 Å². The van der Waals surface area contributed by atoms with E-state index in [4.69, 9.17) is 0 Å². The smallest absolute Gasteiger partial charge is 0.241 e. The topological polar surface area (TPSA) is 46.1 Å². The third-order valence-corrected chi connectivity index (χ3v) is 2.61. The first-order valence-corrected chi connectivity index (χ1v) is 5.35. The van der Waals surface area contributed by atoms with Gasteiger partial charge in [0, 0.05) is 17.4 Å². The highest BCUT2D eigenvalue weighted by molar-refractivity contribution is 5.79. The van der Waals surface area contributed by atoms with E-state index < -0.39 is 0 Å². The number of amides is 1. The predicted molar refractivity (Wildman–Crippen MR) is 59.3 cm³/mol. The zero-order chi connectivity index (χ0) is 10.8. The van der Waals surface area contributed by atoms with Crippen LogP contribution in [0.15, 0.2) is 12.1 Å². The van der Waals surface area contributed by atoms with E-state index in [2.05, 4.69) is 10.7 Å². The van der Waals surface area contributed by atoms with Gasteiger partial charge in [-0.3, -0.25) is 9.47 Å². The van der Waals surface area contributed by atoms with Crippen molar-refractivity contribution < 1.29 is 4.79 Å². The fourth-order valence-corrected chi connectivity index (χ4v) is 1.58. The average Bonchev–Trinajstić information content (AvgIpc) is 2.93. The normalized spacial score (nSPS) is 15.1. The van der Waals surface area contributed by atoms with E-state index in [-0.39, 0.29) is 5.91 Å². The Morgan fingerprint density at radius 1 is 1.40 bits per heavy atom. The molecule has 15 heavy (non-hydrogen) atoms. The van der Waals surface area contributed by atoms with Crippen molar-refractivity contribution in [2.45, 2.75) is 32.7 Å². The van der Waals surface area contributed by atoms with Crippen LogP contribution in [0.1, 0.15) is 24.2 Å². The summed E-state index contributed by atoms with van der Waals surface area (Å²) in [5.41, 5.74) is 5.33. The summed E-state index contributed by atoms with van der Waals surface area (Å²) in [4.78, 5) is 11.4. The molecule has 0 saturated heterocycles. The van der Waals surface area contributed by atoms with Crippen LogP contribution in [-0.2, 0) is 4.79 Å². The molecule has 0 bridgehead atoms. The Morgan fingerprint density at radius 3 is 2.53 bits per heavy atom. The summed E-state index contributed by atoms with van der Waals surface area (Å²) in [6.07, 6.45) is 2.26. The van der Waals surface area contributed by atoms with Gasteiger partial charge in [-0.2, -0.15) is 0 Å². The average molecular weight is 207 g/mol. The molecule has 0 spiro atoms. The molecule has 4 heteroatoms. The second-order valence-electron chi connectivity index (χ2n) is 4.13. The number of rotatable bonds is 4. The van der Waals surface area contributed by atoms with Crippen LogP contribution >= 0.6 is 0 Å². The molecule has 0 unspecified atom stereocenters. The van der Waals surface area contributed by atoms with E-state index in [1.807, 2.05) is 30.7 Å². The fourth-order valence-electron chi connectivity index (χ4n) is 1.58. The van der Waals surface area contributed by atoms with Crippen molar-refractivity contribution in [3.05, 3.63) is 23.5 Å². The van der Waals surface area contributed by atoms with Crippen molar-refractivity contribution >= 4 is 5.91 Å². The number of hydrogen-bond donors (Lipinski definition) is 2. The first-order chi connectivity index (χ1) is 7.16. The van der Waals surface area contributed by atoms with E-state index in [1.54, 1.807) is 0 Å². The van der Waals surface area contributed by atoms with Gasteiger partial charge in [0.05, 0.1) is 0 Å². The van der Waals surface area contributed by atoms with Crippen molar-refractivity contribution in [2.24, 2.45) is 0 Å². The molecule has 1 aliphatic rings. The number of hydrogen-bond acceptors (Lipinski definition) is 2. The van der Waals surface area contributed by atoms with Gasteiger partial charge in [-0.15, -0.1) is 0 Å². The van der Waals surface area contributed by atoms with E-state index in [0.29, 0.717) is 12.6 Å². The van der Waals surface area contributed by atoms with Gasteiger partial charge in [0.25, 0.3) is 0 Å². The highest BCUT2D eigenvalue weighted by Crippen LogP contribution is 2.18. The Bertz CT molecular complexity index is 346. The van der Waals surface area contributed by atoms with Crippen LogP contribution in [0.3, 0.4) is 0 Å². The molecule has 1 aliphatic carbocycles. The van der Waals surface area contributed by atoms with Gasteiger partial charge in [0.1, 0.15) is 6.54 Å². The second-order valence-corrected chi connectivity index (χ2v) is 4.13. The number of nitrogens with one attached hydrogen (secondary N) is 2. The molecule has 1 saturated carbocycles. The Morgan fingerprint density at radius 2 is 2.00 bits per heavy atom. The van der Waals surface area contributed by atoms with Gasteiger partial charge >= 0.3 is 0 Å². The molecular weight excluding hydrogens is 190 g/mol. The largest absolute Gasteiger partial charge is 0.352 e.